The van der Waals surface area contributed by atoms with Crippen molar-refractivity contribution < 1.29 is 23.1 Å². The molecule has 0 saturated heterocycles. The largest absolute Gasteiger partial charge is 0.483 e. The standard InChI is InChI=1S/C24H24F2N4O3S/c25-15-7-1-3-9-17(15)29-24(32)30-19-11-5-4-10-18(19)28-23(31)20-14-34-22(27-20)13-33-21-12-6-2-8-16(21)26/h1-3,6-9,12,14,18-19H,4-5,10-11,13H2,(H,28,31)(H2,29,30,32)/t18-,19-/m1/s1. The second-order valence-electron chi connectivity index (χ2n) is 7.89. The fourth-order valence-corrected chi connectivity index (χ4v) is 4.48. The number of para-hydroxylation sites is 2. The summed E-state index contributed by atoms with van der Waals surface area (Å²) in [5, 5.41) is 10.5. The fraction of sp³-hybridized carbons (Fsp3) is 0.292. The number of anilines is 1. The van der Waals surface area contributed by atoms with Crippen molar-refractivity contribution in [1.82, 2.24) is 15.6 Å². The van der Waals surface area contributed by atoms with Crippen LogP contribution in [-0.4, -0.2) is 29.0 Å². The first kappa shape index (κ1) is 23.6. The summed E-state index contributed by atoms with van der Waals surface area (Å²) in [6, 6.07) is 10.9. The molecule has 7 nitrogen and oxygen atoms in total. The summed E-state index contributed by atoms with van der Waals surface area (Å²) in [5.41, 5.74) is 0.321. The van der Waals surface area contributed by atoms with Crippen molar-refractivity contribution in [2.24, 2.45) is 0 Å². The number of hydrogen-bond acceptors (Lipinski definition) is 5. The minimum absolute atomic E-state index is 0.0444. The van der Waals surface area contributed by atoms with Gasteiger partial charge in [-0.3, -0.25) is 4.79 Å². The van der Waals surface area contributed by atoms with Gasteiger partial charge in [-0.25, -0.2) is 18.6 Å². The quantitative estimate of drug-likeness (QED) is 0.445. The molecule has 0 aliphatic heterocycles. The maximum absolute atomic E-state index is 13.8. The number of urea groups is 1. The van der Waals surface area contributed by atoms with E-state index in [1.54, 1.807) is 29.6 Å². The van der Waals surface area contributed by atoms with Crippen LogP contribution >= 0.6 is 11.3 Å². The Labute approximate surface area is 199 Å². The van der Waals surface area contributed by atoms with Gasteiger partial charge in [-0.15, -0.1) is 11.3 Å². The molecule has 1 aliphatic carbocycles. The van der Waals surface area contributed by atoms with E-state index in [1.165, 1.54) is 35.6 Å². The molecule has 2 aromatic carbocycles. The molecule has 10 heteroatoms. The second-order valence-corrected chi connectivity index (χ2v) is 8.84. The lowest BCUT2D eigenvalue weighted by atomic mass is 9.90. The van der Waals surface area contributed by atoms with E-state index in [0.717, 1.165) is 12.8 Å². The number of carbonyl (C=O) groups excluding carboxylic acids is 2. The first-order chi connectivity index (χ1) is 16.5. The lowest BCUT2D eigenvalue weighted by Crippen LogP contribution is -2.54. The Kier molecular flexibility index (Phi) is 7.69. The molecule has 1 aliphatic rings. The summed E-state index contributed by atoms with van der Waals surface area (Å²) in [5.74, 6) is -1.23. The van der Waals surface area contributed by atoms with Crippen molar-refractivity contribution in [3.05, 3.63) is 76.2 Å². The van der Waals surface area contributed by atoms with E-state index in [2.05, 4.69) is 20.9 Å². The predicted octanol–water partition coefficient (Wildman–Crippen LogP) is 4.86. The normalized spacial score (nSPS) is 17.6. The zero-order valence-corrected chi connectivity index (χ0v) is 19.0. The van der Waals surface area contributed by atoms with E-state index in [1.807, 2.05) is 0 Å². The minimum atomic E-state index is -0.530. The Hall–Kier alpha value is -3.53. The molecule has 3 N–H and O–H groups in total. The number of nitrogens with zero attached hydrogens (tertiary/aromatic N) is 1. The van der Waals surface area contributed by atoms with Gasteiger partial charge in [0.25, 0.3) is 5.91 Å². The van der Waals surface area contributed by atoms with Crippen LogP contribution in [0.2, 0.25) is 0 Å². The van der Waals surface area contributed by atoms with Crippen LogP contribution in [0.15, 0.2) is 53.9 Å². The summed E-state index contributed by atoms with van der Waals surface area (Å²) in [4.78, 5) is 29.5. The molecule has 1 heterocycles. The summed E-state index contributed by atoms with van der Waals surface area (Å²) in [6.45, 7) is 0.0444. The Bertz CT molecular complexity index is 1160. The number of halogens is 2. The summed E-state index contributed by atoms with van der Waals surface area (Å²) < 4.78 is 32.9. The van der Waals surface area contributed by atoms with Gasteiger partial charge in [0.1, 0.15) is 23.1 Å². The van der Waals surface area contributed by atoms with E-state index in [0.29, 0.717) is 17.8 Å². The zero-order chi connectivity index (χ0) is 23.9. The Balaban J connectivity index is 1.32. The average Bonchev–Trinajstić information content (AvgIpc) is 3.31. The molecule has 1 fully saturated rings. The average molecular weight is 487 g/mol. The Morgan fingerprint density at radius 1 is 0.971 bits per heavy atom. The molecular formula is C24H24F2N4O3S. The number of benzene rings is 2. The van der Waals surface area contributed by atoms with Gasteiger partial charge in [0.2, 0.25) is 0 Å². The van der Waals surface area contributed by atoms with E-state index >= 15 is 0 Å². The first-order valence-corrected chi connectivity index (χ1v) is 11.8. The van der Waals surface area contributed by atoms with Gasteiger partial charge in [-0.2, -0.15) is 0 Å². The van der Waals surface area contributed by atoms with Crippen LogP contribution in [0.25, 0.3) is 0 Å². The minimum Gasteiger partial charge on any atom is -0.483 e. The predicted molar refractivity (Wildman–Crippen MR) is 125 cm³/mol. The smallest absolute Gasteiger partial charge is 0.319 e. The van der Waals surface area contributed by atoms with Gasteiger partial charge in [0.05, 0.1) is 11.7 Å². The monoisotopic (exact) mass is 486 g/mol. The van der Waals surface area contributed by atoms with Gasteiger partial charge in [-0.05, 0) is 37.1 Å². The second kappa shape index (κ2) is 11.1. The van der Waals surface area contributed by atoms with Gasteiger partial charge < -0.3 is 20.7 Å². The van der Waals surface area contributed by atoms with Crippen LogP contribution in [0.1, 0.15) is 41.2 Å². The molecule has 3 aromatic rings. The van der Waals surface area contributed by atoms with Crippen LogP contribution in [0.3, 0.4) is 0 Å². The van der Waals surface area contributed by atoms with E-state index in [4.69, 9.17) is 4.74 Å². The number of nitrogens with one attached hydrogen (secondary N) is 3. The van der Waals surface area contributed by atoms with E-state index in [-0.39, 0.29) is 41.7 Å². The molecule has 4 rings (SSSR count). The van der Waals surface area contributed by atoms with Crippen LogP contribution < -0.4 is 20.7 Å². The fourth-order valence-electron chi connectivity index (χ4n) is 3.79. The van der Waals surface area contributed by atoms with Crippen LogP contribution in [-0.2, 0) is 6.61 Å². The summed E-state index contributed by atoms with van der Waals surface area (Å²) in [6.07, 6.45) is 3.21. The molecule has 178 valence electrons. The first-order valence-electron chi connectivity index (χ1n) is 10.9. The lowest BCUT2D eigenvalue weighted by molar-refractivity contribution is 0.0911. The van der Waals surface area contributed by atoms with Crippen molar-refractivity contribution in [2.45, 2.75) is 44.4 Å². The molecule has 0 spiro atoms. The molecule has 1 aromatic heterocycles. The van der Waals surface area contributed by atoms with Crippen molar-refractivity contribution in [3.63, 3.8) is 0 Å². The molecule has 3 amide bonds. The maximum atomic E-state index is 13.8. The van der Waals surface area contributed by atoms with Crippen molar-refractivity contribution >= 4 is 29.0 Å². The zero-order valence-electron chi connectivity index (χ0n) is 18.2. The molecular weight excluding hydrogens is 462 g/mol. The molecule has 0 bridgehead atoms. The lowest BCUT2D eigenvalue weighted by Gasteiger charge is -2.32. The number of rotatable bonds is 7. The van der Waals surface area contributed by atoms with Gasteiger partial charge >= 0.3 is 6.03 Å². The van der Waals surface area contributed by atoms with Gasteiger partial charge in [0.15, 0.2) is 11.6 Å². The Morgan fingerprint density at radius 2 is 1.65 bits per heavy atom. The molecule has 0 radical (unpaired) electrons. The number of amides is 3. The maximum Gasteiger partial charge on any atom is 0.319 e. The highest BCUT2D eigenvalue weighted by molar-refractivity contribution is 7.09. The molecule has 1 saturated carbocycles. The third kappa shape index (κ3) is 6.07. The number of hydrogen-bond donors (Lipinski definition) is 3. The summed E-state index contributed by atoms with van der Waals surface area (Å²) in [7, 11) is 0. The summed E-state index contributed by atoms with van der Waals surface area (Å²) >= 11 is 1.24. The third-order valence-corrected chi connectivity index (χ3v) is 6.32. The number of aromatic nitrogens is 1. The van der Waals surface area contributed by atoms with Gasteiger partial charge in [0, 0.05) is 11.4 Å². The SMILES string of the molecule is O=C(Nc1ccccc1F)N[C@@H]1CCCC[C@H]1NC(=O)c1csc(COc2ccccc2F)n1. The highest BCUT2D eigenvalue weighted by Crippen LogP contribution is 2.21. The van der Waals surface area contributed by atoms with Gasteiger partial charge in [-0.1, -0.05) is 37.1 Å². The van der Waals surface area contributed by atoms with Crippen molar-refractivity contribution in [1.29, 1.82) is 0 Å². The van der Waals surface area contributed by atoms with E-state index in [9.17, 15) is 18.4 Å². The molecule has 34 heavy (non-hydrogen) atoms. The highest BCUT2D eigenvalue weighted by atomic mass is 32.1. The molecule has 0 unspecified atom stereocenters. The highest BCUT2D eigenvalue weighted by Gasteiger charge is 2.29. The third-order valence-electron chi connectivity index (χ3n) is 5.49. The number of thiazole rings is 1. The topological polar surface area (TPSA) is 92.4 Å². The molecule has 2 atom stereocenters. The number of ether oxygens (including phenoxy) is 1. The van der Waals surface area contributed by atoms with E-state index < -0.39 is 17.7 Å². The van der Waals surface area contributed by atoms with Crippen LogP contribution in [0, 0.1) is 11.6 Å². The number of carbonyl (C=O) groups is 2. The van der Waals surface area contributed by atoms with Crippen LogP contribution in [0.5, 0.6) is 5.75 Å². The van der Waals surface area contributed by atoms with Crippen molar-refractivity contribution in [3.8, 4) is 5.75 Å². The Morgan fingerprint density at radius 3 is 2.38 bits per heavy atom. The van der Waals surface area contributed by atoms with Crippen LogP contribution in [0.4, 0.5) is 19.3 Å². The van der Waals surface area contributed by atoms with Crippen molar-refractivity contribution in [2.75, 3.05) is 5.32 Å².